The first-order chi connectivity index (χ1) is 9.70. The number of aromatic nitrogens is 4. The molecule has 0 spiro atoms. The molecule has 0 aliphatic rings. The average molecular weight is 334 g/mol. The van der Waals surface area contributed by atoms with Crippen LogP contribution in [0.5, 0.6) is 0 Å². The van der Waals surface area contributed by atoms with Gasteiger partial charge >= 0.3 is 0 Å². The number of halogens is 1. The highest BCUT2D eigenvalue weighted by Crippen LogP contribution is 2.25. The number of para-hydroxylation sites is 1. The molecule has 7 heteroatoms. The van der Waals surface area contributed by atoms with Gasteiger partial charge in [-0.2, -0.15) is 10.2 Å². The lowest BCUT2D eigenvalue weighted by atomic mass is 10.2. The molecule has 2 aromatic heterocycles. The Labute approximate surface area is 123 Å². The lowest BCUT2D eigenvalue weighted by molar-refractivity contribution is 0.102. The molecule has 20 heavy (non-hydrogen) atoms. The second-order valence-electron chi connectivity index (χ2n) is 4.29. The Morgan fingerprint density at radius 1 is 1.30 bits per heavy atom. The summed E-state index contributed by atoms with van der Waals surface area (Å²) in [6.45, 7) is 2.01. The topological polar surface area (TPSA) is 86.5 Å². The summed E-state index contributed by atoms with van der Waals surface area (Å²) in [5.41, 5.74) is 2.12. The van der Waals surface area contributed by atoms with E-state index in [0.29, 0.717) is 11.5 Å². The number of aryl methyl sites for hydroxylation is 1. The maximum Gasteiger partial charge on any atom is 0.278 e. The molecule has 0 unspecified atom stereocenters. The van der Waals surface area contributed by atoms with E-state index in [1.807, 2.05) is 31.2 Å². The Kier molecular flexibility index (Phi) is 3.27. The third-order valence-corrected chi connectivity index (χ3v) is 3.90. The van der Waals surface area contributed by atoms with Crippen LogP contribution in [-0.4, -0.2) is 26.3 Å². The van der Waals surface area contributed by atoms with Gasteiger partial charge in [0.25, 0.3) is 5.91 Å². The van der Waals surface area contributed by atoms with Gasteiger partial charge in [0.15, 0.2) is 11.5 Å². The number of hydrogen-bond acceptors (Lipinski definition) is 3. The molecule has 0 saturated carbocycles. The molecule has 102 valence electrons. The van der Waals surface area contributed by atoms with E-state index < -0.39 is 0 Å². The number of nitrogens with one attached hydrogen (secondary N) is 3. The number of aromatic amines is 2. The Morgan fingerprint density at radius 3 is 2.85 bits per heavy atom. The maximum atomic E-state index is 12.3. The van der Waals surface area contributed by atoms with Crippen molar-refractivity contribution in [2.24, 2.45) is 0 Å². The van der Waals surface area contributed by atoms with Crippen molar-refractivity contribution in [2.45, 2.75) is 13.3 Å². The normalized spacial score (nSPS) is 10.9. The molecule has 3 rings (SSSR count). The van der Waals surface area contributed by atoms with Gasteiger partial charge in [0.05, 0.1) is 15.7 Å². The second-order valence-corrected chi connectivity index (χ2v) is 5.08. The molecule has 3 N–H and O–H groups in total. The number of nitrogens with zero attached hydrogens (tertiary/aromatic N) is 2. The van der Waals surface area contributed by atoms with Crippen LogP contribution in [-0.2, 0) is 6.42 Å². The van der Waals surface area contributed by atoms with Crippen LogP contribution >= 0.6 is 15.9 Å². The summed E-state index contributed by atoms with van der Waals surface area (Å²) < 4.78 is 0.771. The van der Waals surface area contributed by atoms with Gasteiger partial charge in [-0.05, 0) is 28.4 Å². The average Bonchev–Trinajstić information content (AvgIpc) is 3.03. The molecule has 3 aromatic rings. The predicted octanol–water partition coefficient (Wildman–Crippen LogP) is 2.86. The van der Waals surface area contributed by atoms with E-state index in [9.17, 15) is 4.79 Å². The molecule has 2 heterocycles. The van der Waals surface area contributed by atoms with Gasteiger partial charge in [-0.3, -0.25) is 15.0 Å². The molecule has 1 amide bonds. The van der Waals surface area contributed by atoms with Crippen LogP contribution in [0.2, 0.25) is 0 Å². The van der Waals surface area contributed by atoms with E-state index in [0.717, 1.165) is 27.5 Å². The Hall–Kier alpha value is -2.15. The molecule has 0 atom stereocenters. The zero-order valence-corrected chi connectivity index (χ0v) is 12.3. The maximum absolute atomic E-state index is 12.3. The largest absolute Gasteiger partial charge is 0.303 e. The third kappa shape index (κ3) is 2.09. The smallest absolute Gasteiger partial charge is 0.278 e. The van der Waals surface area contributed by atoms with Crippen LogP contribution in [0.4, 0.5) is 5.82 Å². The summed E-state index contributed by atoms with van der Waals surface area (Å²) in [4.78, 5) is 12.3. The van der Waals surface area contributed by atoms with Crippen LogP contribution in [0, 0.1) is 0 Å². The molecule has 1 aromatic carbocycles. The van der Waals surface area contributed by atoms with Gasteiger partial charge in [-0.15, -0.1) is 0 Å². The molecule has 6 nitrogen and oxygen atoms in total. The number of hydrogen-bond donors (Lipinski definition) is 3. The monoisotopic (exact) mass is 333 g/mol. The van der Waals surface area contributed by atoms with Gasteiger partial charge < -0.3 is 5.32 Å². The van der Waals surface area contributed by atoms with Crippen molar-refractivity contribution in [3.05, 3.63) is 40.1 Å². The fourth-order valence-electron chi connectivity index (χ4n) is 1.98. The van der Waals surface area contributed by atoms with Crippen LogP contribution in [0.15, 0.2) is 28.7 Å². The number of fused-ring (bicyclic) bond motifs is 1. The zero-order chi connectivity index (χ0) is 14.1. The molecule has 0 aliphatic carbocycles. The number of rotatable bonds is 3. The standard InChI is InChI=1S/C13H12BrN5O/c1-2-8-10(14)12(19-16-8)15-13(20)11-7-5-3-4-6-9(7)17-18-11/h3-6H,2H2,1H3,(H,17,18)(H2,15,16,19,20). The van der Waals surface area contributed by atoms with Gasteiger partial charge in [0.2, 0.25) is 0 Å². The van der Waals surface area contributed by atoms with Crippen LogP contribution in [0.1, 0.15) is 23.1 Å². The van der Waals surface area contributed by atoms with E-state index in [1.54, 1.807) is 0 Å². The lowest BCUT2D eigenvalue weighted by Crippen LogP contribution is -2.13. The fourth-order valence-corrected chi connectivity index (χ4v) is 2.54. The van der Waals surface area contributed by atoms with Crippen molar-refractivity contribution in [1.29, 1.82) is 0 Å². The van der Waals surface area contributed by atoms with Crippen LogP contribution in [0.3, 0.4) is 0 Å². The van der Waals surface area contributed by atoms with Gasteiger partial charge in [0, 0.05) is 5.39 Å². The number of anilines is 1. The summed E-state index contributed by atoms with van der Waals surface area (Å²) in [7, 11) is 0. The molecule has 0 fully saturated rings. The lowest BCUT2D eigenvalue weighted by Gasteiger charge is -2.00. The minimum absolute atomic E-state index is 0.294. The molecular formula is C13H12BrN5O. The fraction of sp³-hybridized carbons (Fsp3) is 0.154. The highest BCUT2D eigenvalue weighted by atomic mass is 79.9. The SMILES string of the molecule is CCc1[nH]nc(NC(=O)c2n[nH]c3ccccc23)c1Br. The summed E-state index contributed by atoms with van der Waals surface area (Å²) >= 11 is 3.42. The summed E-state index contributed by atoms with van der Waals surface area (Å²) in [6, 6.07) is 7.48. The van der Waals surface area contributed by atoms with Crippen molar-refractivity contribution >= 4 is 38.6 Å². The number of H-pyrrole nitrogens is 2. The molecule has 0 radical (unpaired) electrons. The second kappa shape index (κ2) is 5.09. The highest BCUT2D eigenvalue weighted by Gasteiger charge is 2.17. The van der Waals surface area contributed by atoms with E-state index in [2.05, 4.69) is 41.6 Å². The van der Waals surface area contributed by atoms with Crippen molar-refractivity contribution in [3.8, 4) is 0 Å². The number of carbonyl (C=O) groups is 1. The Balaban J connectivity index is 1.91. The number of amides is 1. The predicted molar refractivity (Wildman–Crippen MR) is 79.7 cm³/mol. The summed E-state index contributed by atoms with van der Waals surface area (Å²) in [5.74, 6) is 0.177. The summed E-state index contributed by atoms with van der Waals surface area (Å²) in [6.07, 6.45) is 0.800. The van der Waals surface area contributed by atoms with Crippen molar-refractivity contribution < 1.29 is 4.79 Å². The molecule has 0 aliphatic heterocycles. The van der Waals surface area contributed by atoms with Crippen molar-refractivity contribution in [3.63, 3.8) is 0 Å². The number of carbonyl (C=O) groups excluding carboxylic acids is 1. The zero-order valence-electron chi connectivity index (χ0n) is 10.7. The van der Waals surface area contributed by atoms with E-state index in [-0.39, 0.29) is 5.91 Å². The number of benzene rings is 1. The van der Waals surface area contributed by atoms with E-state index >= 15 is 0 Å². The highest BCUT2D eigenvalue weighted by molar-refractivity contribution is 9.10. The van der Waals surface area contributed by atoms with Gasteiger partial charge in [0.1, 0.15) is 0 Å². The van der Waals surface area contributed by atoms with Crippen molar-refractivity contribution in [1.82, 2.24) is 20.4 Å². The molecule has 0 saturated heterocycles. The first-order valence-corrected chi connectivity index (χ1v) is 6.97. The van der Waals surface area contributed by atoms with E-state index in [1.165, 1.54) is 0 Å². The minimum Gasteiger partial charge on any atom is -0.303 e. The first kappa shape index (κ1) is 12.9. The first-order valence-electron chi connectivity index (χ1n) is 6.18. The molecule has 0 bridgehead atoms. The van der Waals surface area contributed by atoms with Crippen LogP contribution < -0.4 is 5.32 Å². The third-order valence-electron chi connectivity index (χ3n) is 3.05. The Morgan fingerprint density at radius 2 is 2.10 bits per heavy atom. The quantitative estimate of drug-likeness (QED) is 0.688. The van der Waals surface area contributed by atoms with Crippen LogP contribution in [0.25, 0.3) is 10.9 Å². The summed E-state index contributed by atoms with van der Waals surface area (Å²) in [5, 5.41) is 17.4. The molecular weight excluding hydrogens is 322 g/mol. The minimum atomic E-state index is -0.294. The van der Waals surface area contributed by atoms with Gasteiger partial charge in [-0.1, -0.05) is 25.1 Å². The van der Waals surface area contributed by atoms with Crippen molar-refractivity contribution in [2.75, 3.05) is 5.32 Å². The van der Waals surface area contributed by atoms with E-state index in [4.69, 9.17) is 0 Å². The Bertz CT molecular complexity index is 776. The van der Waals surface area contributed by atoms with Gasteiger partial charge in [-0.25, -0.2) is 0 Å².